The van der Waals surface area contributed by atoms with Gasteiger partial charge in [0.2, 0.25) is 0 Å². The zero-order chi connectivity index (χ0) is 16.5. The van der Waals surface area contributed by atoms with Crippen molar-refractivity contribution < 1.29 is 4.79 Å². The van der Waals surface area contributed by atoms with Gasteiger partial charge in [-0.25, -0.2) is 4.98 Å². The summed E-state index contributed by atoms with van der Waals surface area (Å²) in [5.74, 6) is 0.107. The largest absolute Gasteiger partial charge is 0.333 e. The van der Waals surface area contributed by atoms with Crippen LogP contribution in [0.2, 0.25) is 0 Å². The predicted molar refractivity (Wildman–Crippen MR) is 97.2 cm³/mol. The average Bonchev–Trinajstić information content (AvgIpc) is 3.06. The molecule has 3 nitrogen and oxygen atoms in total. The lowest BCUT2D eigenvalue weighted by molar-refractivity contribution is 0.0736. The van der Waals surface area contributed by atoms with Gasteiger partial charge in [0, 0.05) is 29.0 Å². The zero-order valence-electron chi connectivity index (χ0n) is 13.5. The lowest BCUT2D eigenvalue weighted by atomic mass is 10.1. The third-order valence-electron chi connectivity index (χ3n) is 4.34. The van der Waals surface area contributed by atoms with E-state index in [0.717, 1.165) is 34.8 Å². The van der Waals surface area contributed by atoms with E-state index in [9.17, 15) is 4.79 Å². The van der Waals surface area contributed by atoms with E-state index in [-0.39, 0.29) is 5.91 Å². The molecule has 0 N–H and O–H groups in total. The quantitative estimate of drug-likeness (QED) is 0.699. The van der Waals surface area contributed by atoms with E-state index < -0.39 is 0 Å². The Morgan fingerprint density at radius 2 is 1.83 bits per heavy atom. The molecule has 24 heavy (non-hydrogen) atoms. The summed E-state index contributed by atoms with van der Waals surface area (Å²) < 4.78 is 0. The van der Waals surface area contributed by atoms with Crippen molar-refractivity contribution >= 4 is 17.2 Å². The van der Waals surface area contributed by atoms with Gasteiger partial charge in [0.15, 0.2) is 0 Å². The first-order valence-corrected chi connectivity index (χ1v) is 8.92. The van der Waals surface area contributed by atoms with Crippen LogP contribution in [0.5, 0.6) is 0 Å². The lowest BCUT2D eigenvalue weighted by Gasteiger charge is -2.26. The van der Waals surface area contributed by atoms with Crippen LogP contribution in [0.15, 0.2) is 54.6 Å². The first-order chi connectivity index (χ1) is 11.7. The van der Waals surface area contributed by atoms with Crippen LogP contribution in [0, 0.1) is 6.92 Å². The van der Waals surface area contributed by atoms with Gasteiger partial charge in [-0.15, -0.1) is 11.3 Å². The van der Waals surface area contributed by atoms with Crippen molar-refractivity contribution in [3.63, 3.8) is 0 Å². The summed E-state index contributed by atoms with van der Waals surface area (Å²) in [6.45, 7) is 3.42. The third-order valence-corrected chi connectivity index (χ3v) is 5.47. The van der Waals surface area contributed by atoms with Gasteiger partial charge in [-0.1, -0.05) is 48.0 Å². The topological polar surface area (TPSA) is 33.2 Å². The molecule has 4 heteroatoms. The summed E-state index contributed by atoms with van der Waals surface area (Å²) in [5.41, 5.74) is 4.22. The third kappa shape index (κ3) is 2.85. The fourth-order valence-corrected chi connectivity index (χ4v) is 4.08. The Balaban J connectivity index is 1.56. The molecule has 4 rings (SSSR count). The van der Waals surface area contributed by atoms with Gasteiger partial charge in [-0.2, -0.15) is 0 Å². The molecule has 0 saturated heterocycles. The van der Waals surface area contributed by atoms with E-state index in [1.807, 2.05) is 54.3 Å². The summed E-state index contributed by atoms with van der Waals surface area (Å²) in [7, 11) is 0. The summed E-state index contributed by atoms with van der Waals surface area (Å²) in [5, 5.41) is 1.05. The second-order valence-electron chi connectivity index (χ2n) is 6.10. The predicted octanol–water partition coefficient (Wildman–Crippen LogP) is 4.32. The Labute approximate surface area is 145 Å². The number of aromatic nitrogens is 1. The highest BCUT2D eigenvalue weighted by molar-refractivity contribution is 7.15. The van der Waals surface area contributed by atoms with Crippen LogP contribution >= 0.6 is 11.3 Å². The van der Waals surface area contributed by atoms with Gasteiger partial charge in [0.1, 0.15) is 5.01 Å². The molecule has 1 amide bonds. The van der Waals surface area contributed by atoms with E-state index in [0.29, 0.717) is 6.54 Å². The molecule has 0 unspecified atom stereocenters. The molecule has 1 aliphatic rings. The SMILES string of the molecule is Cc1ccc(C(=O)N2CCc3nc(-c4ccccc4)sc3C2)cc1. The standard InChI is InChI=1S/C20H18N2OS/c1-14-7-9-16(10-8-14)20(23)22-12-11-17-18(13-22)24-19(21-17)15-5-3-2-4-6-15/h2-10H,11-13H2,1H3. The zero-order valence-corrected chi connectivity index (χ0v) is 14.3. The minimum Gasteiger partial charge on any atom is -0.333 e. The molecule has 0 fully saturated rings. The molecule has 0 aliphatic carbocycles. The maximum absolute atomic E-state index is 12.7. The van der Waals surface area contributed by atoms with Crippen molar-refractivity contribution in [3.05, 3.63) is 76.3 Å². The van der Waals surface area contributed by atoms with E-state index in [4.69, 9.17) is 4.98 Å². The van der Waals surface area contributed by atoms with Crippen molar-refractivity contribution in [2.24, 2.45) is 0 Å². The van der Waals surface area contributed by atoms with E-state index >= 15 is 0 Å². The number of hydrogen-bond acceptors (Lipinski definition) is 3. The normalized spacial score (nSPS) is 13.6. The number of amides is 1. The van der Waals surface area contributed by atoms with Gasteiger partial charge >= 0.3 is 0 Å². The Morgan fingerprint density at radius 3 is 2.58 bits per heavy atom. The van der Waals surface area contributed by atoms with Crippen LogP contribution < -0.4 is 0 Å². The maximum atomic E-state index is 12.7. The van der Waals surface area contributed by atoms with E-state index in [1.54, 1.807) is 11.3 Å². The van der Waals surface area contributed by atoms with Gasteiger partial charge in [-0.05, 0) is 19.1 Å². The van der Waals surface area contributed by atoms with Crippen molar-refractivity contribution in [2.45, 2.75) is 19.9 Å². The second-order valence-corrected chi connectivity index (χ2v) is 7.18. The number of hydrogen-bond donors (Lipinski definition) is 0. The molecular formula is C20H18N2OS. The Hall–Kier alpha value is -2.46. The molecule has 1 aliphatic heterocycles. The molecule has 0 spiro atoms. The second kappa shape index (κ2) is 6.21. The molecule has 0 bridgehead atoms. The summed E-state index contributed by atoms with van der Waals surface area (Å²) in [6.07, 6.45) is 0.830. The molecule has 0 atom stereocenters. The van der Waals surface area contributed by atoms with Crippen LogP contribution in [0.1, 0.15) is 26.5 Å². The number of thiazole rings is 1. The molecule has 0 radical (unpaired) electrons. The first-order valence-electron chi connectivity index (χ1n) is 8.10. The monoisotopic (exact) mass is 334 g/mol. The Kier molecular flexibility index (Phi) is 3.90. The molecule has 120 valence electrons. The van der Waals surface area contributed by atoms with Crippen LogP contribution in [0.3, 0.4) is 0 Å². The number of rotatable bonds is 2. The van der Waals surface area contributed by atoms with Crippen LogP contribution in [-0.2, 0) is 13.0 Å². The smallest absolute Gasteiger partial charge is 0.254 e. The highest BCUT2D eigenvalue weighted by Gasteiger charge is 2.25. The van der Waals surface area contributed by atoms with Crippen LogP contribution in [0.4, 0.5) is 0 Å². The number of aryl methyl sites for hydroxylation is 1. The van der Waals surface area contributed by atoms with Crippen molar-refractivity contribution in [1.29, 1.82) is 0 Å². The minimum absolute atomic E-state index is 0.107. The minimum atomic E-state index is 0.107. The molecular weight excluding hydrogens is 316 g/mol. The molecule has 0 saturated carbocycles. The van der Waals surface area contributed by atoms with Gasteiger partial charge < -0.3 is 4.90 Å². The molecule has 1 aromatic heterocycles. The number of carbonyl (C=O) groups is 1. The molecule has 3 aromatic rings. The maximum Gasteiger partial charge on any atom is 0.254 e. The van der Waals surface area contributed by atoms with E-state index in [1.165, 1.54) is 10.4 Å². The highest BCUT2D eigenvalue weighted by Crippen LogP contribution is 2.32. The number of benzene rings is 2. The van der Waals surface area contributed by atoms with Gasteiger partial charge in [0.05, 0.1) is 12.2 Å². The van der Waals surface area contributed by atoms with Crippen LogP contribution in [-0.4, -0.2) is 22.3 Å². The van der Waals surface area contributed by atoms with Gasteiger partial charge in [-0.3, -0.25) is 4.79 Å². The van der Waals surface area contributed by atoms with Crippen LogP contribution in [0.25, 0.3) is 10.6 Å². The summed E-state index contributed by atoms with van der Waals surface area (Å²) in [4.78, 5) is 20.6. The van der Waals surface area contributed by atoms with Crippen molar-refractivity contribution in [1.82, 2.24) is 9.88 Å². The number of fused-ring (bicyclic) bond motifs is 1. The highest BCUT2D eigenvalue weighted by atomic mass is 32.1. The number of nitrogens with zero attached hydrogens (tertiary/aromatic N) is 2. The fourth-order valence-electron chi connectivity index (χ4n) is 2.95. The lowest BCUT2D eigenvalue weighted by Crippen LogP contribution is -2.35. The Bertz CT molecular complexity index is 868. The van der Waals surface area contributed by atoms with E-state index in [2.05, 4.69) is 12.1 Å². The summed E-state index contributed by atoms with van der Waals surface area (Å²) in [6, 6.07) is 18.0. The summed E-state index contributed by atoms with van der Waals surface area (Å²) >= 11 is 1.70. The molecule has 2 aromatic carbocycles. The average molecular weight is 334 g/mol. The van der Waals surface area contributed by atoms with Crippen molar-refractivity contribution in [2.75, 3.05) is 6.54 Å². The fraction of sp³-hybridized carbons (Fsp3) is 0.200. The Morgan fingerprint density at radius 1 is 1.08 bits per heavy atom. The van der Waals surface area contributed by atoms with Gasteiger partial charge in [0.25, 0.3) is 5.91 Å². The van der Waals surface area contributed by atoms with Crippen molar-refractivity contribution in [3.8, 4) is 10.6 Å². The molecule has 2 heterocycles. The number of carbonyl (C=O) groups excluding carboxylic acids is 1. The first kappa shape index (κ1) is 15.1.